The zero-order valence-corrected chi connectivity index (χ0v) is 7.05. The van der Waals surface area contributed by atoms with Crippen LogP contribution < -0.4 is 0 Å². The first-order valence-electron chi connectivity index (χ1n) is 3.63. The van der Waals surface area contributed by atoms with Crippen LogP contribution in [0.2, 0.25) is 0 Å². The van der Waals surface area contributed by atoms with Crippen molar-refractivity contribution in [3.8, 4) is 0 Å². The minimum absolute atomic E-state index is 0.198. The van der Waals surface area contributed by atoms with Crippen LogP contribution in [0.25, 0.3) is 5.52 Å². The van der Waals surface area contributed by atoms with Crippen LogP contribution in [0.1, 0.15) is 5.69 Å². The van der Waals surface area contributed by atoms with E-state index in [0.717, 1.165) is 5.52 Å². The van der Waals surface area contributed by atoms with Crippen LogP contribution in [-0.4, -0.2) is 4.40 Å². The SMILES string of the molecule is Fc1cc2ccccn2c1CCl. The fraction of sp³-hybridized carbons (Fsp3) is 0.111. The average Bonchev–Trinajstić information content (AvgIpc) is 2.40. The molecule has 62 valence electrons. The molecule has 0 aromatic carbocycles. The van der Waals surface area contributed by atoms with Crippen molar-refractivity contribution in [3.05, 3.63) is 42.0 Å². The molecule has 2 heterocycles. The summed E-state index contributed by atoms with van der Waals surface area (Å²) in [6.45, 7) is 0. The van der Waals surface area contributed by atoms with E-state index in [4.69, 9.17) is 11.6 Å². The van der Waals surface area contributed by atoms with Crippen molar-refractivity contribution in [2.75, 3.05) is 0 Å². The molecule has 12 heavy (non-hydrogen) atoms. The van der Waals surface area contributed by atoms with Gasteiger partial charge in [-0.2, -0.15) is 0 Å². The summed E-state index contributed by atoms with van der Waals surface area (Å²) < 4.78 is 14.9. The normalized spacial score (nSPS) is 10.8. The number of aromatic nitrogens is 1. The Bertz CT molecular complexity index is 408. The molecule has 3 heteroatoms. The quantitative estimate of drug-likeness (QED) is 0.599. The van der Waals surface area contributed by atoms with Gasteiger partial charge in [-0.15, -0.1) is 11.6 Å². The highest BCUT2D eigenvalue weighted by molar-refractivity contribution is 6.17. The zero-order chi connectivity index (χ0) is 8.55. The Morgan fingerprint density at radius 2 is 2.25 bits per heavy atom. The number of alkyl halides is 1. The second-order valence-corrected chi connectivity index (χ2v) is 2.84. The molecule has 0 fully saturated rings. The summed E-state index contributed by atoms with van der Waals surface area (Å²) in [7, 11) is 0. The molecule has 0 atom stereocenters. The van der Waals surface area contributed by atoms with Gasteiger partial charge < -0.3 is 4.40 Å². The van der Waals surface area contributed by atoms with Gasteiger partial charge in [-0.25, -0.2) is 4.39 Å². The Balaban J connectivity index is 2.81. The summed E-state index contributed by atoms with van der Waals surface area (Å²) >= 11 is 5.59. The van der Waals surface area contributed by atoms with Crippen LogP contribution in [-0.2, 0) is 5.88 Å². The lowest BCUT2D eigenvalue weighted by Crippen LogP contribution is -1.89. The lowest BCUT2D eigenvalue weighted by atomic mass is 10.4. The second kappa shape index (κ2) is 2.79. The molecule has 0 spiro atoms. The molecule has 0 aliphatic carbocycles. The first kappa shape index (κ1) is 7.62. The molecule has 1 nitrogen and oxygen atoms in total. The molecule has 0 saturated heterocycles. The molecule has 0 bridgehead atoms. The van der Waals surface area contributed by atoms with Crippen LogP contribution in [0, 0.1) is 5.82 Å². The lowest BCUT2D eigenvalue weighted by molar-refractivity contribution is 0.615. The summed E-state index contributed by atoms with van der Waals surface area (Å²) in [6, 6.07) is 7.05. The number of nitrogens with zero attached hydrogens (tertiary/aromatic N) is 1. The van der Waals surface area contributed by atoms with Crippen LogP contribution in [0.4, 0.5) is 4.39 Å². The van der Waals surface area contributed by atoms with Crippen molar-refractivity contribution >= 4 is 17.1 Å². The summed E-state index contributed by atoms with van der Waals surface area (Å²) in [4.78, 5) is 0. The summed E-state index contributed by atoms with van der Waals surface area (Å²) in [6.07, 6.45) is 1.80. The Hall–Kier alpha value is -1.02. The Kier molecular flexibility index (Phi) is 1.77. The molecule has 2 rings (SSSR count). The molecule has 0 saturated carbocycles. The van der Waals surface area contributed by atoms with Gasteiger partial charge in [0.1, 0.15) is 5.82 Å². The summed E-state index contributed by atoms with van der Waals surface area (Å²) in [5.74, 6) is -0.0412. The topological polar surface area (TPSA) is 4.41 Å². The van der Waals surface area contributed by atoms with Gasteiger partial charge in [-0.05, 0) is 18.2 Å². The van der Waals surface area contributed by atoms with E-state index in [-0.39, 0.29) is 11.7 Å². The predicted molar refractivity (Wildman–Crippen MR) is 46.9 cm³/mol. The van der Waals surface area contributed by atoms with Crippen molar-refractivity contribution in [2.45, 2.75) is 5.88 Å². The fourth-order valence-corrected chi connectivity index (χ4v) is 1.53. The fourth-order valence-electron chi connectivity index (χ4n) is 1.28. The maximum absolute atomic E-state index is 13.1. The van der Waals surface area contributed by atoms with Crippen molar-refractivity contribution in [1.29, 1.82) is 0 Å². The Labute approximate surface area is 74.4 Å². The molecular formula is C9H7ClFN. The van der Waals surface area contributed by atoms with Gasteiger partial charge in [0.05, 0.1) is 11.6 Å². The third kappa shape index (κ3) is 0.994. The standard InChI is InChI=1S/C9H7ClFN/c10-6-9-8(11)5-7-3-1-2-4-12(7)9/h1-5H,6H2. The maximum Gasteiger partial charge on any atom is 0.146 e. The Morgan fingerprint density at radius 1 is 1.42 bits per heavy atom. The number of rotatable bonds is 1. The van der Waals surface area contributed by atoms with Crippen molar-refractivity contribution < 1.29 is 4.39 Å². The van der Waals surface area contributed by atoms with Crippen LogP contribution in [0.5, 0.6) is 0 Å². The molecule has 2 aromatic rings. The minimum Gasteiger partial charge on any atom is -0.317 e. The molecule has 2 aromatic heterocycles. The molecule has 0 radical (unpaired) electrons. The van der Waals surface area contributed by atoms with Gasteiger partial charge in [0.15, 0.2) is 0 Å². The van der Waals surface area contributed by atoms with E-state index >= 15 is 0 Å². The third-order valence-corrected chi connectivity index (χ3v) is 2.11. The smallest absolute Gasteiger partial charge is 0.146 e. The minimum atomic E-state index is -0.240. The van der Waals surface area contributed by atoms with E-state index in [1.807, 2.05) is 18.2 Å². The molecular weight excluding hydrogens is 177 g/mol. The highest BCUT2D eigenvalue weighted by Crippen LogP contribution is 2.16. The van der Waals surface area contributed by atoms with Gasteiger partial charge in [0.2, 0.25) is 0 Å². The number of hydrogen-bond acceptors (Lipinski definition) is 0. The summed E-state index contributed by atoms with van der Waals surface area (Å²) in [5.41, 5.74) is 1.36. The third-order valence-electron chi connectivity index (χ3n) is 1.86. The zero-order valence-electron chi connectivity index (χ0n) is 6.30. The second-order valence-electron chi connectivity index (χ2n) is 2.57. The van der Waals surface area contributed by atoms with E-state index in [0.29, 0.717) is 5.69 Å². The van der Waals surface area contributed by atoms with E-state index in [1.165, 1.54) is 6.07 Å². The largest absolute Gasteiger partial charge is 0.317 e. The van der Waals surface area contributed by atoms with Crippen molar-refractivity contribution in [3.63, 3.8) is 0 Å². The first-order valence-corrected chi connectivity index (χ1v) is 4.17. The van der Waals surface area contributed by atoms with Crippen molar-refractivity contribution in [1.82, 2.24) is 4.40 Å². The van der Waals surface area contributed by atoms with E-state index in [2.05, 4.69) is 0 Å². The van der Waals surface area contributed by atoms with Gasteiger partial charge in [0.25, 0.3) is 0 Å². The van der Waals surface area contributed by atoms with Crippen molar-refractivity contribution in [2.24, 2.45) is 0 Å². The van der Waals surface area contributed by atoms with Gasteiger partial charge >= 0.3 is 0 Å². The highest BCUT2D eigenvalue weighted by atomic mass is 35.5. The Morgan fingerprint density at radius 3 is 3.00 bits per heavy atom. The number of pyridine rings is 1. The molecule has 0 N–H and O–H groups in total. The predicted octanol–water partition coefficient (Wildman–Crippen LogP) is 2.82. The van der Waals surface area contributed by atoms with E-state index in [1.54, 1.807) is 10.6 Å². The molecule has 0 unspecified atom stereocenters. The van der Waals surface area contributed by atoms with E-state index < -0.39 is 0 Å². The highest BCUT2D eigenvalue weighted by Gasteiger charge is 2.06. The lowest BCUT2D eigenvalue weighted by Gasteiger charge is -1.96. The van der Waals surface area contributed by atoms with Gasteiger partial charge in [-0.1, -0.05) is 6.07 Å². The van der Waals surface area contributed by atoms with Crippen LogP contribution in [0.3, 0.4) is 0 Å². The van der Waals surface area contributed by atoms with Gasteiger partial charge in [-0.3, -0.25) is 0 Å². The average molecular weight is 184 g/mol. The molecule has 0 aliphatic rings. The molecule has 0 amide bonds. The number of fused-ring (bicyclic) bond motifs is 1. The maximum atomic E-state index is 13.1. The van der Waals surface area contributed by atoms with Crippen LogP contribution in [0.15, 0.2) is 30.5 Å². The number of hydrogen-bond donors (Lipinski definition) is 0. The monoisotopic (exact) mass is 183 g/mol. The van der Waals surface area contributed by atoms with Crippen LogP contribution >= 0.6 is 11.6 Å². The number of halogens is 2. The van der Waals surface area contributed by atoms with E-state index in [9.17, 15) is 4.39 Å². The van der Waals surface area contributed by atoms with Gasteiger partial charge in [0, 0.05) is 11.7 Å². The first-order chi connectivity index (χ1) is 5.83. The molecule has 0 aliphatic heterocycles. The summed E-state index contributed by atoms with van der Waals surface area (Å²) in [5, 5.41) is 0.